The minimum absolute atomic E-state index is 0.231. The van der Waals surface area contributed by atoms with E-state index in [0.717, 1.165) is 6.54 Å². The van der Waals surface area contributed by atoms with E-state index in [0.29, 0.717) is 12.3 Å². The fourth-order valence-electron chi connectivity index (χ4n) is 3.09. The van der Waals surface area contributed by atoms with Crippen molar-refractivity contribution in [2.24, 2.45) is 11.7 Å². The second kappa shape index (κ2) is 8.14. The molecule has 1 aromatic rings. The van der Waals surface area contributed by atoms with Crippen LogP contribution in [0.3, 0.4) is 0 Å². The molecule has 22 heavy (non-hydrogen) atoms. The van der Waals surface area contributed by atoms with Crippen LogP contribution in [-0.2, 0) is 4.79 Å². The van der Waals surface area contributed by atoms with Crippen LogP contribution >= 0.6 is 0 Å². The molecule has 1 atom stereocenters. The average molecular weight is 301 g/mol. The van der Waals surface area contributed by atoms with Crippen molar-refractivity contribution < 1.29 is 9.90 Å². The van der Waals surface area contributed by atoms with Crippen LogP contribution in [0.15, 0.2) is 29.8 Å². The van der Waals surface area contributed by atoms with E-state index < -0.39 is 5.97 Å². The number of nitrogens with two attached hydrogens (primary N) is 1. The number of benzene rings is 1. The van der Waals surface area contributed by atoms with Crippen molar-refractivity contribution in [2.75, 3.05) is 6.54 Å². The molecule has 0 spiro atoms. The summed E-state index contributed by atoms with van der Waals surface area (Å²) in [7, 11) is 0. The van der Waals surface area contributed by atoms with Crippen molar-refractivity contribution >= 4 is 12.0 Å². The quantitative estimate of drug-likeness (QED) is 0.828. The molecule has 0 bridgehead atoms. The van der Waals surface area contributed by atoms with Crippen molar-refractivity contribution in [1.29, 1.82) is 0 Å². The highest BCUT2D eigenvalue weighted by Gasteiger charge is 2.15. The zero-order valence-electron chi connectivity index (χ0n) is 13.4. The predicted octanol–water partition coefficient (Wildman–Crippen LogP) is 4.19. The lowest BCUT2D eigenvalue weighted by atomic mass is 9.85. The molecule has 0 aliphatic heterocycles. The Kier molecular flexibility index (Phi) is 6.20. The number of carbonyl (C=O) groups is 1. The summed E-state index contributed by atoms with van der Waals surface area (Å²) in [6.07, 6.45) is 7.99. The van der Waals surface area contributed by atoms with Gasteiger partial charge in [-0.15, -0.1) is 0 Å². The topological polar surface area (TPSA) is 63.3 Å². The Morgan fingerprint density at radius 2 is 1.95 bits per heavy atom. The molecule has 1 saturated carbocycles. The van der Waals surface area contributed by atoms with Gasteiger partial charge in [0.15, 0.2) is 0 Å². The Bertz CT molecular complexity index is 509. The lowest BCUT2D eigenvalue weighted by molar-refractivity contribution is -0.137. The van der Waals surface area contributed by atoms with Crippen LogP contribution in [0.1, 0.15) is 62.5 Å². The molecule has 1 aliphatic carbocycles. The van der Waals surface area contributed by atoms with Crippen molar-refractivity contribution in [3.8, 4) is 0 Å². The number of hydrogen-bond acceptors (Lipinski definition) is 2. The number of hydrogen-bond donors (Lipinski definition) is 2. The van der Waals surface area contributed by atoms with Crippen LogP contribution in [0, 0.1) is 5.92 Å². The smallest absolute Gasteiger partial charge is 0.303 e. The third kappa shape index (κ3) is 4.99. The maximum Gasteiger partial charge on any atom is 0.303 e. The molecule has 0 heterocycles. The summed E-state index contributed by atoms with van der Waals surface area (Å²) in [6, 6.07) is 8.55. The van der Waals surface area contributed by atoms with Gasteiger partial charge in [0.05, 0.1) is 0 Å². The summed E-state index contributed by atoms with van der Waals surface area (Å²) in [4.78, 5) is 10.6. The first-order valence-corrected chi connectivity index (χ1v) is 8.29. The molecule has 0 radical (unpaired) electrons. The molecular weight excluding hydrogens is 274 g/mol. The third-order valence-corrected chi connectivity index (χ3v) is 4.75. The molecule has 1 unspecified atom stereocenters. The standard InChI is InChI=1S/C19H27NO2/c1-14(2-11-19(21)22)18-9-7-16(8-10-18)12-15-3-5-17(13-20)6-4-15/h7-10,12,14,17H,2-6,11,13,20H2,1H3,(H,21,22). The summed E-state index contributed by atoms with van der Waals surface area (Å²) in [6.45, 7) is 2.90. The van der Waals surface area contributed by atoms with Gasteiger partial charge in [0.2, 0.25) is 0 Å². The molecule has 1 fully saturated rings. The van der Waals surface area contributed by atoms with Gasteiger partial charge < -0.3 is 10.8 Å². The first kappa shape index (κ1) is 16.8. The number of rotatable bonds is 6. The highest BCUT2D eigenvalue weighted by Crippen LogP contribution is 2.29. The second-order valence-corrected chi connectivity index (χ2v) is 6.48. The molecule has 3 N–H and O–H groups in total. The number of carboxylic acid groups (broad SMARTS) is 1. The summed E-state index contributed by atoms with van der Waals surface area (Å²) >= 11 is 0. The SMILES string of the molecule is CC(CCC(=O)O)c1ccc(C=C2CCC(CN)CC2)cc1. The largest absolute Gasteiger partial charge is 0.481 e. The lowest BCUT2D eigenvalue weighted by Crippen LogP contribution is -2.17. The lowest BCUT2D eigenvalue weighted by Gasteiger charge is -2.22. The molecule has 2 rings (SSSR count). The number of aliphatic carboxylic acids is 1. The van der Waals surface area contributed by atoms with Gasteiger partial charge in [0.1, 0.15) is 0 Å². The van der Waals surface area contributed by atoms with Gasteiger partial charge in [-0.2, -0.15) is 0 Å². The van der Waals surface area contributed by atoms with Crippen LogP contribution in [0.4, 0.5) is 0 Å². The van der Waals surface area contributed by atoms with Gasteiger partial charge >= 0.3 is 5.97 Å². The van der Waals surface area contributed by atoms with Crippen molar-refractivity contribution in [2.45, 2.75) is 51.4 Å². The van der Waals surface area contributed by atoms with Gasteiger partial charge in [0.25, 0.3) is 0 Å². The number of allylic oxidation sites excluding steroid dienone is 1. The van der Waals surface area contributed by atoms with Crippen LogP contribution < -0.4 is 5.73 Å². The molecule has 1 aliphatic rings. The van der Waals surface area contributed by atoms with Crippen LogP contribution in [-0.4, -0.2) is 17.6 Å². The molecular formula is C19H27NO2. The van der Waals surface area contributed by atoms with E-state index in [9.17, 15) is 4.79 Å². The summed E-state index contributed by atoms with van der Waals surface area (Å²) in [5, 5.41) is 8.76. The van der Waals surface area contributed by atoms with E-state index in [1.54, 1.807) is 0 Å². The fraction of sp³-hybridized carbons (Fsp3) is 0.526. The van der Waals surface area contributed by atoms with Crippen molar-refractivity contribution in [3.05, 3.63) is 41.0 Å². The predicted molar refractivity (Wildman–Crippen MR) is 90.7 cm³/mol. The molecule has 3 nitrogen and oxygen atoms in total. The zero-order chi connectivity index (χ0) is 15.9. The second-order valence-electron chi connectivity index (χ2n) is 6.48. The minimum atomic E-state index is -0.721. The van der Waals surface area contributed by atoms with Gasteiger partial charge in [-0.3, -0.25) is 4.79 Å². The monoisotopic (exact) mass is 301 g/mol. The normalized spacial score (nSPS) is 19.7. The summed E-state index contributed by atoms with van der Waals surface area (Å²) in [5.74, 6) is 0.272. The van der Waals surface area contributed by atoms with Gasteiger partial charge in [-0.1, -0.05) is 42.8 Å². The Morgan fingerprint density at radius 3 is 2.50 bits per heavy atom. The highest BCUT2D eigenvalue weighted by atomic mass is 16.4. The van der Waals surface area contributed by atoms with Gasteiger partial charge in [0, 0.05) is 6.42 Å². The van der Waals surface area contributed by atoms with E-state index in [4.69, 9.17) is 10.8 Å². The molecule has 0 aromatic heterocycles. The first-order valence-electron chi connectivity index (χ1n) is 8.29. The maximum atomic E-state index is 10.6. The molecule has 0 amide bonds. The maximum absolute atomic E-state index is 10.6. The minimum Gasteiger partial charge on any atom is -0.481 e. The van der Waals surface area contributed by atoms with Crippen molar-refractivity contribution in [3.63, 3.8) is 0 Å². The first-order chi connectivity index (χ1) is 10.6. The highest BCUT2D eigenvalue weighted by molar-refractivity contribution is 5.66. The Labute approximate surface area is 133 Å². The molecule has 3 heteroatoms. The Hall–Kier alpha value is -1.61. The van der Waals surface area contributed by atoms with Crippen LogP contribution in [0.5, 0.6) is 0 Å². The molecule has 120 valence electrons. The summed E-state index contributed by atoms with van der Waals surface area (Å²) in [5.41, 5.74) is 9.72. The van der Waals surface area contributed by atoms with E-state index >= 15 is 0 Å². The van der Waals surface area contributed by atoms with Gasteiger partial charge in [-0.05, 0) is 61.6 Å². The van der Waals surface area contributed by atoms with E-state index in [2.05, 4.69) is 37.3 Å². The van der Waals surface area contributed by atoms with Gasteiger partial charge in [-0.25, -0.2) is 0 Å². The van der Waals surface area contributed by atoms with Crippen molar-refractivity contribution in [1.82, 2.24) is 0 Å². The Balaban J connectivity index is 1.93. The van der Waals surface area contributed by atoms with E-state index in [1.165, 1.54) is 42.4 Å². The zero-order valence-corrected chi connectivity index (χ0v) is 13.4. The molecule has 0 saturated heterocycles. The van der Waals surface area contributed by atoms with Crippen LogP contribution in [0.25, 0.3) is 6.08 Å². The fourth-order valence-corrected chi connectivity index (χ4v) is 3.09. The third-order valence-electron chi connectivity index (χ3n) is 4.75. The average Bonchev–Trinajstić information content (AvgIpc) is 2.54. The molecule has 1 aromatic carbocycles. The number of carboxylic acids is 1. The summed E-state index contributed by atoms with van der Waals surface area (Å²) < 4.78 is 0. The van der Waals surface area contributed by atoms with E-state index in [1.807, 2.05) is 0 Å². The van der Waals surface area contributed by atoms with Crippen LogP contribution in [0.2, 0.25) is 0 Å². The van der Waals surface area contributed by atoms with E-state index in [-0.39, 0.29) is 12.3 Å². The Morgan fingerprint density at radius 1 is 1.32 bits per heavy atom.